The van der Waals surface area contributed by atoms with Gasteiger partial charge in [-0.3, -0.25) is 14.3 Å². The Labute approximate surface area is 156 Å². The average Bonchev–Trinajstić information content (AvgIpc) is 2.63. The number of carbonyl (C=O) groups is 1. The molecule has 1 aromatic heterocycles. The Balaban J connectivity index is 1.76. The van der Waals surface area contributed by atoms with E-state index in [9.17, 15) is 18.0 Å². The predicted octanol–water partition coefficient (Wildman–Crippen LogP) is 3.20. The van der Waals surface area contributed by atoms with Crippen molar-refractivity contribution in [3.8, 4) is 0 Å². The maximum Gasteiger partial charge on any atom is 0.291 e. The third kappa shape index (κ3) is 4.53. The van der Waals surface area contributed by atoms with Gasteiger partial charge in [0.05, 0.1) is 11.1 Å². The van der Waals surface area contributed by atoms with Crippen LogP contribution in [0.2, 0.25) is 0 Å². The summed E-state index contributed by atoms with van der Waals surface area (Å²) in [5, 5.41) is 3.02. The molecule has 27 heavy (non-hydrogen) atoms. The van der Waals surface area contributed by atoms with Crippen LogP contribution < -0.4 is 15.5 Å². The first kappa shape index (κ1) is 18.7. The number of carbonyl (C=O) groups excluding carboxylic acids is 1. The molecule has 140 valence electrons. The van der Waals surface area contributed by atoms with Crippen molar-refractivity contribution in [3.63, 3.8) is 0 Å². The smallest absolute Gasteiger partial charge is 0.291 e. The summed E-state index contributed by atoms with van der Waals surface area (Å²) in [6.07, 6.45) is 0.514. The third-order valence-electron chi connectivity index (χ3n) is 3.75. The minimum Gasteiger partial charge on any atom is -0.451 e. The van der Waals surface area contributed by atoms with Gasteiger partial charge in [-0.05, 0) is 42.8 Å². The van der Waals surface area contributed by atoms with Crippen LogP contribution in [0.4, 0.5) is 11.4 Å². The molecule has 0 fully saturated rings. The molecule has 8 heteroatoms. The zero-order valence-corrected chi connectivity index (χ0v) is 15.4. The van der Waals surface area contributed by atoms with E-state index in [2.05, 4.69) is 10.0 Å². The molecule has 0 saturated heterocycles. The summed E-state index contributed by atoms with van der Waals surface area (Å²) < 4.78 is 31.5. The highest BCUT2D eigenvalue weighted by Crippen LogP contribution is 2.17. The normalized spacial score (nSPS) is 11.3. The Morgan fingerprint density at radius 3 is 2.41 bits per heavy atom. The summed E-state index contributed by atoms with van der Waals surface area (Å²) in [7, 11) is -3.38. The van der Waals surface area contributed by atoms with Gasteiger partial charge < -0.3 is 9.73 Å². The first-order valence-corrected chi connectivity index (χ1v) is 9.98. The van der Waals surface area contributed by atoms with E-state index < -0.39 is 15.9 Å². The minimum absolute atomic E-state index is 0.0342. The number of hydrogen-bond acceptors (Lipinski definition) is 5. The van der Waals surface area contributed by atoms with Gasteiger partial charge in [0.2, 0.25) is 10.0 Å². The number of benzene rings is 2. The quantitative estimate of drug-likeness (QED) is 0.677. The number of nitrogens with one attached hydrogen (secondary N) is 2. The Morgan fingerprint density at radius 1 is 1.04 bits per heavy atom. The summed E-state index contributed by atoms with van der Waals surface area (Å²) >= 11 is 0. The molecule has 7 nitrogen and oxygen atoms in total. The molecule has 0 bridgehead atoms. The average molecular weight is 386 g/mol. The zero-order valence-electron chi connectivity index (χ0n) is 14.6. The molecule has 0 radical (unpaired) electrons. The molecular weight excluding hydrogens is 368 g/mol. The van der Waals surface area contributed by atoms with Crippen molar-refractivity contribution in [1.82, 2.24) is 0 Å². The molecular formula is C19H18N2O5S. The highest BCUT2D eigenvalue weighted by Gasteiger charge is 2.13. The monoisotopic (exact) mass is 386 g/mol. The van der Waals surface area contributed by atoms with Crippen LogP contribution in [-0.4, -0.2) is 20.1 Å². The van der Waals surface area contributed by atoms with E-state index in [1.54, 1.807) is 55.5 Å². The van der Waals surface area contributed by atoms with Gasteiger partial charge in [-0.25, -0.2) is 8.42 Å². The number of amides is 1. The van der Waals surface area contributed by atoms with Crippen LogP contribution in [-0.2, 0) is 10.0 Å². The molecule has 3 rings (SSSR count). The molecule has 2 N–H and O–H groups in total. The van der Waals surface area contributed by atoms with Gasteiger partial charge in [0.15, 0.2) is 11.2 Å². The van der Waals surface area contributed by atoms with Crippen LogP contribution in [0.3, 0.4) is 0 Å². The lowest BCUT2D eigenvalue weighted by Gasteiger charge is -2.09. The molecule has 3 aromatic rings. The SMILES string of the molecule is CCCS(=O)(=O)Nc1ccc(NC(=O)c2cc(=O)c3ccccc3o2)cc1. The van der Waals surface area contributed by atoms with Gasteiger partial charge >= 0.3 is 0 Å². The number of rotatable bonds is 6. The maximum atomic E-state index is 12.4. The number of para-hydroxylation sites is 1. The van der Waals surface area contributed by atoms with Gasteiger partial charge in [-0.2, -0.15) is 0 Å². The van der Waals surface area contributed by atoms with Crippen LogP contribution in [0.5, 0.6) is 0 Å². The van der Waals surface area contributed by atoms with Crippen LogP contribution in [0.1, 0.15) is 23.9 Å². The summed E-state index contributed by atoms with van der Waals surface area (Å²) in [5.74, 6) is -0.643. The predicted molar refractivity (Wildman–Crippen MR) is 105 cm³/mol. The molecule has 0 unspecified atom stereocenters. The summed E-state index contributed by atoms with van der Waals surface area (Å²) in [6, 6.07) is 14.0. The van der Waals surface area contributed by atoms with Gasteiger partial charge in [-0.1, -0.05) is 19.1 Å². The van der Waals surface area contributed by atoms with Crippen LogP contribution in [0, 0.1) is 0 Å². The van der Waals surface area contributed by atoms with Gasteiger partial charge in [0.1, 0.15) is 5.58 Å². The standard InChI is InChI=1S/C19H18N2O5S/c1-2-11-27(24,25)21-14-9-7-13(8-10-14)20-19(23)18-12-16(22)15-5-3-4-6-17(15)26-18/h3-10,12,21H,2,11H2,1H3,(H,20,23). The van der Waals surface area contributed by atoms with E-state index in [-0.39, 0.29) is 16.9 Å². The Kier molecular flexibility index (Phi) is 5.27. The van der Waals surface area contributed by atoms with Crippen molar-refractivity contribution in [2.75, 3.05) is 15.8 Å². The van der Waals surface area contributed by atoms with Crippen molar-refractivity contribution in [1.29, 1.82) is 0 Å². The number of hydrogen-bond donors (Lipinski definition) is 2. The van der Waals surface area contributed by atoms with Crippen molar-refractivity contribution in [3.05, 3.63) is 70.6 Å². The van der Waals surface area contributed by atoms with E-state index in [1.807, 2.05) is 0 Å². The lowest BCUT2D eigenvalue weighted by molar-refractivity contribution is 0.0997. The molecule has 0 aliphatic carbocycles. The molecule has 0 atom stereocenters. The Bertz CT molecular complexity index is 1130. The lowest BCUT2D eigenvalue weighted by atomic mass is 10.2. The van der Waals surface area contributed by atoms with Crippen molar-refractivity contribution < 1.29 is 17.6 Å². The molecule has 0 aliphatic heterocycles. The van der Waals surface area contributed by atoms with E-state index in [1.165, 1.54) is 0 Å². The molecule has 2 aromatic carbocycles. The second kappa shape index (κ2) is 7.63. The Hall–Kier alpha value is -3.13. The summed E-state index contributed by atoms with van der Waals surface area (Å²) in [4.78, 5) is 24.4. The molecule has 0 saturated carbocycles. The number of fused-ring (bicyclic) bond motifs is 1. The molecule has 1 heterocycles. The molecule has 0 aliphatic rings. The van der Waals surface area contributed by atoms with Gasteiger partial charge in [-0.15, -0.1) is 0 Å². The van der Waals surface area contributed by atoms with Gasteiger partial charge in [0, 0.05) is 17.4 Å². The fraction of sp³-hybridized carbons (Fsp3) is 0.158. The second-order valence-corrected chi connectivity index (χ2v) is 7.77. The topological polar surface area (TPSA) is 105 Å². The first-order valence-electron chi connectivity index (χ1n) is 8.33. The molecule has 1 amide bonds. The summed E-state index contributed by atoms with van der Waals surface area (Å²) in [5.41, 5.74) is 0.867. The highest BCUT2D eigenvalue weighted by molar-refractivity contribution is 7.92. The number of sulfonamides is 1. The first-order chi connectivity index (χ1) is 12.9. The maximum absolute atomic E-state index is 12.4. The lowest BCUT2D eigenvalue weighted by Crippen LogP contribution is -2.16. The van der Waals surface area contributed by atoms with E-state index in [0.29, 0.717) is 28.8 Å². The number of anilines is 2. The largest absolute Gasteiger partial charge is 0.451 e. The van der Waals surface area contributed by atoms with Crippen LogP contribution >= 0.6 is 0 Å². The van der Waals surface area contributed by atoms with Crippen molar-refractivity contribution >= 4 is 38.3 Å². The second-order valence-electron chi connectivity index (χ2n) is 5.92. The molecule has 0 spiro atoms. The third-order valence-corrected chi connectivity index (χ3v) is 5.24. The van der Waals surface area contributed by atoms with E-state index in [0.717, 1.165) is 6.07 Å². The van der Waals surface area contributed by atoms with Crippen LogP contribution in [0.15, 0.2) is 63.8 Å². The van der Waals surface area contributed by atoms with E-state index in [4.69, 9.17) is 4.42 Å². The minimum atomic E-state index is -3.38. The highest BCUT2D eigenvalue weighted by atomic mass is 32.2. The van der Waals surface area contributed by atoms with Crippen LogP contribution in [0.25, 0.3) is 11.0 Å². The fourth-order valence-corrected chi connectivity index (χ4v) is 3.66. The van der Waals surface area contributed by atoms with Crippen molar-refractivity contribution in [2.24, 2.45) is 0 Å². The fourth-order valence-electron chi connectivity index (χ4n) is 2.53. The Morgan fingerprint density at radius 2 is 1.70 bits per heavy atom. The summed E-state index contributed by atoms with van der Waals surface area (Å²) in [6.45, 7) is 1.78. The van der Waals surface area contributed by atoms with Crippen molar-refractivity contribution in [2.45, 2.75) is 13.3 Å². The van der Waals surface area contributed by atoms with Gasteiger partial charge in [0.25, 0.3) is 5.91 Å². The zero-order chi connectivity index (χ0) is 19.4. The van der Waals surface area contributed by atoms with E-state index >= 15 is 0 Å².